The Bertz CT molecular complexity index is 582. The van der Waals surface area contributed by atoms with Crippen molar-refractivity contribution in [2.75, 3.05) is 19.5 Å². The normalized spacial score (nSPS) is 10.2. The number of hydrogen-bond donors (Lipinski definition) is 1. The molecule has 0 atom stereocenters. The second-order valence-corrected chi connectivity index (χ2v) is 5.11. The Morgan fingerprint density at radius 1 is 1.05 bits per heavy atom. The molecule has 0 saturated carbocycles. The fourth-order valence-electron chi connectivity index (χ4n) is 1.80. The van der Waals surface area contributed by atoms with E-state index in [4.69, 9.17) is 9.47 Å². The van der Waals surface area contributed by atoms with Gasteiger partial charge in [-0.15, -0.1) is 0 Å². The molecule has 20 heavy (non-hydrogen) atoms. The molecule has 2 aromatic rings. The number of nitrogens with one attached hydrogen (secondary N) is 1. The van der Waals surface area contributed by atoms with Crippen LogP contribution < -0.4 is 14.8 Å². The third kappa shape index (κ3) is 3.63. The number of methoxy groups -OCH3 is 2. The molecule has 0 heterocycles. The molecule has 2 rings (SSSR count). The smallest absolute Gasteiger partial charge is 0.147 e. The molecule has 0 fully saturated rings. The summed E-state index contributed by atoms with van der Waals surface area (Å²) in [5.41, 5.74) is 1.40. The Balaban J connectivity index is 2.13. The van der Waals surface area contributed by atoms with Crippen molar-refractivity contribution in [3.05, 3.63) is 52.3 Å². The fraction of sp³-hybridized carbons (Fsp3) is 0.200. The zero-order chi connectivity index (χ0) is 14.5. The van der Waals surface area contributed by atoms with Crippen LogP contribution in [-0.4, -0.2) is 14.2 Å². The summed E-state index contributed by atoms with van der Waals surface area (Å²) < 4.78 is 24.8. The lowest BCUT2D eigenvalue weighted by atomic mass is 10.2. The number of halogens is 2. The molecule has 0 aliphatic rings. The average molecular weight is 340 g/mol. The first-order valence-corrected chi connectivity index (χ1v) is 6.82. The molecule has 0 aliphatic heterocycles. The van der Waals surface area contributed by atoms with Crippen LogP contribution in [0.5, 0.6) is 11.5 Å². The molecule has 2 aromatic carbocycles. The van der Waals surface area contributed by atoms with Crippen molar-refractivity contribution in [1.82, 2.24) is 0 Å². The van der Waals surface area contributed by atoms with Crippen molar-refractivity contribution < 1.29 is 13.9 Å². The maximum absolute atomic E-state index is 13.7. The van der Waals surface area contributed by atoms with Crippen molar-refractivity contribution in [3.63, 3.8) is 0 Å². The van der Waals surface area contributed by atoms with E-state index in [1.165, 1.54) is 6.07 Å². The molecule has 0 unspecified atom stereocenters. The predicted molar refractivity (Wildman–Crippen MR) is 81.0 cm³/mol. The van der Waals surface area contributed by atoms with Crippen molar-refractivity contribution in [2.24, 2.45) is 0 Å². The summed E-state index contributed by atoms with van der Waals surface area (Å²) in [7, 11) is 3.20. The van der Waals surface area contributed by atoms with Crippen LogP contribution in [0.25, 0.3) is 0 Å². The minimum absolute atomic E-state index is 0.297. The maximum atomic E-state index is 13.7. The Morgan fingerprint density at radius 2 is 1.70 bits per heavy atom. The number of hydrogen-bond acceptors (Lipinski definition) is 3. The van der Waals surface area contributed by atoms with Gasteiger partial charge in [-0.3, -0.25) is 0 Å². The Labute approximate surface area is 125 Å². The van der Waals surface area contributed by atoms with Crippen LogP contribution in [0.4, 0.5) is 10.1 Å². The van der Waals surface area contributed by atoms with Gasteiger partial charge in [0, 0.05) is 17.1 Å². The molecule has 106 valence electrons. The van der Waals surface area contributed by atoms with Crippen LogP contribution in [0.3, 0.4) is 0 Å². The number of rotatable bonds is 5. The van der Waals surface area contributed by atoms with Gasteiger partial charge in [-0.2, -0.15) is 0 Å². The first-order chi connectivity index (χ1) is 9.62. The van der Waals surface area contributed by atoms with E-state index in [9.17, 15) is 4.39 Å². The van der Waals surface area contributed by atoms with Crippen molar-refractivity contribution in [2.45, 2.75) is 6.54 Å². The molecule has 0 aliphatic carbocycles. The summed E-state index contributed by atoms with van der Waals surface area (Å²) in [4.78, 5) is 0. The maximum Gasteiger partial charge on any atom is 0.147 e. The summed E-state index contributed by atoms with van der Waals surface area (Å²) in [6.07, 6.45) is 0. The lowest BCUT2D eigenvalue weighted by Crippen LogP contribution is -2.02. The summed E-state index contributed by atoms with van der Waals surface area (Å²) >= 11 is 3.23. The average Bonchev–Trinajstić information content (AvgIpc) is 2.46. The summed E-state index contributed by atoms with van der Waals surface area (Å²) in [5.74, 6) is 1.11. The second-order valence-electron chi connectivity index (χ2n) is 4.20. The highest BCUT2D eigenvalue weighted by Crippen LogP contribution is 2.24. The van der Waals surface area contributed by atoms with Gasteiger partial charge in [-0.25, -0.2) is 4.39 Å². The minimum atomic E-state index is -0.297. The highest BCUT2D eigenvalue weighted by molar-refractivity contribution is 9.10. The van der Waals surface area contributed by atoms with Crippen molar-refractivity contribution in [1.29, 1.82) is 0 Å². The lowest BCUT2D eigenvalue weighted by molar-refractivity contribution is 0.393. The van der Waals surface area contributed by atoms with Gasteiger partial charge in [0.15, 0.2) is 0 Å². The van der Waals surface area contributed by atoms with Gasteiger partial charge in [0.05, 0.1) is 19.9 Å². The van der Waals surface area contributed by atoms with E-state index < -0.39 is 0 Å². The van der Waals surface area contributed by atoms with Gasteiger partial charge in [-0.1, -0.05) is 15.9 Å². The first kappa shape index (κ1) is 14.7. The summed E-state index contributed by atoms with van der Waals surface area (Å²) in [6.45, 7) is 0.478. The van der Waals surface area contributed by atoms with Crippen LogP contribution in [0.1, 0.15) is 5.56 Å². The van der Waals surface area contributed by atoms with Crippen LogP contribution in [0.15, 0.2) is 40.9 Å². The number of benzene rings is 2. The largest absolute Gasteiger partial charge is 0.497 e. The summed E-state index contributed by atoms with van der Waals surface area (Å²) in [5, 5.41) is 3.05. The van der Waals surface area contributed by atoms with Crippen LogP contribution in [-0.2, 0) is 6.54 Å². The molecular weight excluding hydrogens is 325 g/mol. The van der Waals surface area contributed by atoms with E-state index >= 15 is 0 Å². The van der Waals surface area contributed by atoms with Crippen LogP contribution in [0.2, 0.25) is 0 Å². The number of anilines is 1. The van der Waals surface area contributed by atoms with E-state index in [2.05, 4.69) is 21.2 Å². The molecule has 0 radical (unpaired) electrons. The molecule has 0 amide bonds. The van der Waals surface area contributed by atoms with Gasteiger partial charge in [0.2, 0.25) is 0 Å². The van der Waals surface area contributed by atoms with Gasteiger partial charge >= 0.3 is 0 Å². The Kier molecular flexibility index (Phi) is 4.84. The topological polar surface area (TPSA) is 30.5 Å². The number of ether oxygens (including phenoxy) is 2. The monoisotopic (exact) mass is 339 g/mol. The zero-order valence-electron chi connectivity index (χ0n) is 11.2. The van der Waals surface area contributed by atoms with Crippen LogP contribution in [0, 0.1) is 5.82 Å². The quantitative estimate of drug-likeness (QED) is 0.884. The molecular formula is C15H15BrFNO2. The van der Waals surface area contributed by atoms with Crippen molar-refractivity contribution >= 4 is 21.6 Å². The van der Waals surface area contributed by atoms with Gasteiger partial charge in [-0.05, 0) is 35.9 Å². The van der Waals surface area contributed by atoms with Crippen LogP contribution >= 0.6 is 15.9 Å². The molecule has 5 heteroatoms. The Morgan fingerprint density at radius 3 is 2.25 bits per heavy atom. The van der Waals surface area contributed by atoms with Gasteiger partial charge < -0.3 is 14.8 Å². The highest BCUT2D eigenvalue weighted by Gasteiger charge is 2.05. The predicted octanol–water partition coefficient (Wildman–Crippen LogP) is 4.22. The standard InChI is InChI=1S/C15H15BrFNO2/c1-19-12-5-10(6-13(8-12)20-2)9-18-15-4-3-11(16)7-14(15)17/h3-8,18H,9H2,1-2H3. The third-order valence-corrected chi connectivity index (χ3v) is 3.32. The molecule has 0 saturated heterocycles. The van der Waals surface area contributed by atoms with Gasteiger partial charge in [0.1, 0.15) is 17.3 Å². The molecule has 1 N–H and O–H groups in total. The molecule has 3 nitrogen and oxygen atoms in total. The Hall–Kier alpha value is -1.75. The summed E-state index contributed by atoms with van der Waals surface area (Å²) in [6, 6.07) is 10.5. The van der Waals surface area contributed by atoms with Gasteiger partial charge in [0.25, 0.3) is 0 Å². The van der Waals surface area contributed by atoms with E-state index in [-0.39, 0.29) is 5.82 Å². The van der Waals surface area contributed by atoms with E-state index in [0.717, 1.165) is 5.56 Å². The highest BCUT2D eigenvalue weighted by atomic mass is 79.9. The van der Waals surface area contributed by atoms with E-state index in [0.29, 0.717) is 28.2 Å². The SMILES string of the molecule is COc1cc(CNc2ccc(Br)cc2F)cc(OC)c1. The molecule has 0 bridgehead atoms. The van der Waals surface area contributed by atoms with E-state index in [1.807, 2.05) is 12.1 Å². The molecule has 0 aromatic heterocycles. The minimum Gasteiger partial charge on any atom is -0.497 e. The lowest BCUT2D eigenvalue weighted by Gasteiger charge is -2.11. The third-order valence-electron chi connectivity index (χ3n) is 2.83. The van der Waals surface area contributed by atoms with E-state index in [1.54, 1.807) is 32.4 Å². The van der Waals surface area contributed by atoms with Crippen molar-refractivity contribution in [3.8, 4) is 11.5 Å². The first-order valence-electron chi connectivity index (χ1n) is 6.03. The second kappa shape index (κ2) is 6.61. The zero-order valence-corrected chi connectivity index (χ0v) is 12.8. The fourth-order valence-corrected chi connectivity index (χ4v) is 2.13. The molecule has 0 spiro atoms.